The molecule has 1 aromatic carbocycles. The Balaban J connectivity index is 2.05. The summed E-state index contributed by atoms with van der Waals surface area (Å²) >= 11 is 1.70. The first-order valence-electron chi connectivity index (χ1n) is 5.99. The number of rotatable bonds is 4. The monoisotopic (exact) mass is 261 g/mol. The highest BCUT2D eigenvalue weighted by molar-refractivity contribution is 7.09. The number of nitrogens with zero attached hydrogens (tertiary/aromatic N) is 2. The van der Waals surface area contributed by atoms with Gasteiger partial charge in [0.15, 0.2) is 0 Å². The average Bonchev–Trinajstić information content (AvgIpc) is 2.73. The zero-order valence-electron chi connectivity index (χ0n) is 11.3. The van der Waals surface area contributed by atoms with Crippen LogP contribution in [0.2, 0.25) is 0 Å². The van der Waals surface area contributed by atoms with Crippen LogP contribution >= 0.6 is 11.3 Å². The van der Waals surface area contributed by atoms with Crippen molar-refractivity contribution in [3.63, 3.8) is 0 Å². The molecule has 0 fully saturated rings. The molecule has 1 aromatic heterocycles. The zero-order chi connectivity index (χ0) is 13.1. The summed E-state index contributed by atoms with van der Waals surface area (Å²) in [5.74, 6) is 0. The molecule has 3 nitrogen and oxygen atoms in total. The van der Waals surface area contributed by atoms with Crippen molar-refractivity contribution in [2.24, 2.45) is 0 Å². The van der Waals surface area contributed by atoms with Crippen molar-refractivity contribution in [2.45, 2.75) is 20.4 Å². The van der Waals surface area contributed by atoms with Crippen molar-refractivity contribution in [1.82, 2.24) is 4.98 Å². The number of hydrogen-bond donors (Lipinski definition) is 1. The molecule has 0 radical (unpaired) electrons. The molecule has 0 saturated heterocycles. The molecule has 2 rings (SSSR count). The highest BCUT2D eigenvalue weighted by atomic mass is 32.1. The minimum Gasteiger partial charge on any atom is -0.378 e. The van der Waals surface area contributed by atoms with E-state index in [1.54, 1.807) is 11.3 Å². The standard InChI is InChI=1S/C14H19N3S/c1-10-7-12(17(3)4)5-6-13(10)15-8-14-16-11(2)9-18-14/h5-7,9,15H,8H2,1-4H3. The molecule has 0 spiro atoms. The van der Waals surface area contributed by atoms with Gasteiger partial charge in [-0.05, 0) is 37.6 Å². The van der Waals surface area contributed by atoms with Gasteiger partial charge in [-0.25, -0.2) is 4.98 Å². The normalized spacial score (nSPS) is 10.4. The van der Waals surface area contributed by atoms with E-state index in [2.05, 4.69) is 59.8 Å². The number of hydrogen-bond acceptors (Lipinski definition) is 4. The first-order valence-corrected chi connectivity index (χ1v) is 6.87. The van der Waals surface area contributed by atoms with Gasteiger partial charge in [-0.2, -0.15) is 0 Å². The summed E-state index contributed by atoms with van der Waals surface area (Å²) in [4.78, 5) is 6.56. The smallest absolute Gasteiger partial charge is 0.112 e. The van der Waals surface area contributed by atoms with Crippen LogP contribution in [0.25, 0.3) is 0 Å². The van der Waals surface area contributed by atoms with E-state index in [4.69, 9.17) is 0 Å². The predicted octanol–water partition coefficient (Wildman–Crippen LogP) is 3.44. The van der Waals surface area contributed by atoms with E-state index in [1.165, 1.54) is 16.9 Å². The second-order valence-corrected chi connectivity index (χ2v) is 5.57. The summed E-state index contributed by atoms with van der Waals surface area (Å²) < 4.78 is 0. The Kier molecular flexibility index (Phi) is 3.87. The molecule has 0 amide bonds. The van der Waals surface area contributed by atoms with Crippen molar-refractivity contribution < 1.29 is 0 Å². The summed E-state index contributed by atoms with van der Waals surface area (Å²) in [6, 6.07) is 6.45. The van der Waals surface area contributed by atoms with Gasteiger partial charge in [0.25, 0.3) is 0 Å². The van der Waals surface area contributed by atoms with E-state index < -0.39 is 0 Å². The largest absolute Gasteiger partial charge is 0.378 e. The van der Waals surface area contributed by atoms with E-state index in [1.807, 2.05) is 6.92 Å². The molecule has 96 valence electrons. The molecule has 4 heteroatoms. The number of anilines is 2. The Labute approximate surface area is 112 Å². The molecule has 1 N–H and O–H groups in total. The number of aryl methyl sites for hydroxylation is 2. The van der Waals surface area contributed by atoms with Crippen LogP contribution in [0.5, 0.6) is 0 Å². The van der Waals surface area contributed by atoms with Crippen molar-refractivity contribution >= 4 is 22.7 Å². The SMILES string of the molecule is Cc1csc(CNc2ccc(N(C)C)cc2C)n1. The van der Waals surface area contributed by atoms with Crippen molar-refractivity contribution in [1.29, 1.82) is 0 Å². The second-order valence-electron chi connectivity index (χ2n) is 4.63. The fourth-order valence-corrected chi connectivity index (χ4v) is 2.49. The molecule has 0 aliphatic carbocycles. The van der Waals surface area contributed by atoms with Crippen LogP contribution in [0.4, 0.5) is 11.4 Å². The number of nitrogens with one attached hydrogen (secondary N) is 1. The minimum absolute atomic E-state index is 0.792. The van der Waals surface area contributed by atoms with E-state index in [0.29, 0.717) is 0 Å². The maximum absolute atomic E-state index is 4.45. The quantitative estimate of drug-likeness (QED) is 0.914. The van der Waals surface area contributed by atoms with Gasteiger partial charge >= 0.3 is 0 Å². The zero-order valence-corrected chi connectivity index (χ0v) is 12.1. The van der Waals surface area contributed by atoms with E-state index in [9.17, 15) is 0 Å². The molecular weight excluding hydrogens is 242 g/mol. The van der Waals surface area contributed by atoms with Gasteiger partial charge in [-0.15, -0.1) is 11.3 Å². The lowest BCUT2D eigenvalue weighted by Crippen LogP contribution is -2.09. The summed E-state index contributed by atoms with van der Waals surface area (Å²) in [7, 11) is 4.11. The van der Waals surface area contributed by atoms with Crippen molar-refractivity contribution in [3.8, 4) is 0 Å². The Hall–Kier alpha value is -1.55. The molecule has 18 heavy (non-hydrogen) atoms. The highest BCUT2D eigenvalue weighted by Crippen LogP contribution is 2.22. The lowest BCUT2D eigenvalue weighted by Gasteiger charge is -2.15. The summed E-state index contributed by atoms with van der Waals surface area (Å²) in [5.41, 5.74) is 4.75. The van der Waals surface area contributed by atoms with Crippen LogP contribution in [0, 0.1) is 13.8 Å². The van der Waals surface area contributed by atoms with E-state index >= 15 is 0 Å². The van der Waals surface area contributed by atoms with Crippen LogP contribution in [-0.2, 0) is 6.54 Å². The molecule has 0 unspecified atom stereocenters. The first-order chi connectivity index (χ1) is 8.56. The Bertz CT molecular complexity index is 532. The van der Waals surface area contributed by atoms with Gasteiger partial charge in [0.2, 0.25) is 0 Å². The third kappa shape index (κ3) is 3.01. The molecule has 0 atom stereocenters. The van der Waals surface area contributed by atoms with Gasteiger partial charge in [0.05, 0.1) is 6.54 Å². The Morgan fingerprint density at radius 1 is 1.28 bits per heavy atom. The average molecular weight is 261 g/mol. The van der Waals surface area contributed by atoms with E-state index in [-0.39, 0.29) is 0 Å². The molecule has 0 saturated carbocycles. The first kappa shape index (κ1) is 12.9. The van der Waals surface area contributed by atoms with E-state index in [0.717, 1.165) is 17.2 Å². The maximum Gasteiger partial charge on any atom is 0.112 e. The van der Waals surface area contributed by atoms with Gasteiger partial charge in [-0.1, -0.05) is 0 Å². The lowest BCUT2D eigenvalue weighted by atomic mass is 10.1. The molecule has 2 aromatic rings. The lowest BCUT2D eigenvalue weighted by molar-refractivity contribution is 1.07. The fourth-order valence-electron chi connectivity index (χ4n) is 1.78. The van der Waals surface area contributed by atoms with Gasteiger partial charge in [0.1, 0.15) is 5.01 Å². The van der Waals surface area contributed by atoms with Gasteiger partial charge < -0.3 is 10.2 Å². The second kappa shape index (κ2) is 5.40. The van der Waals surface area contributed by atoms with Crippen molar-refractivity contribution in [2.75, 3.05) is 24.3 Å². The summed E-state index contributed by atoms with van der Waals surface area (Å²) in [6.45, 7) is 4.94. The van der Waals surface area contributed by atoms with Gasteiger partial charge in [0, 0.05) is 36.5 Å². The van der Waals surface area contributed by atoms with Crippen LogP contribution in [-0.4, -0.2) is 19.1 Å². The van der Waals surface area contributed by atoms with Crippen LogP contribution in [0.15, 0.2) is 23.6 Å². The Morgan fingerprint density at radius 2 is 2.06 bits per heavy atom. The molecule has 0 aliphatic heterocycles. The fraction of sp³-hybridized carbons (Fsp3) is 0.357. The highest BCUT2D eigenvalue weighted by Gasteiger charge is 2.03. The topological polar surface area (TPSA) is 28.2 Å². The Morgan fingerprint density at radius 3 is 2.61 bits per heavy atom. The third-order valence-corrected chi connectivity index (χ3v) is 3.79. The number of benzene rings is 1. The number of aromatic nitrogens is 1. The summed E-state index contributed by atoms with van der Waals surface area (Å²) in [5, 5.41) is 6.65. The third-order valence-electron chi connectivity index (χ3n) is 2.82. The van der Waals surface area contributed by atoms with Crippen LogP contribution < -0.4 is 10.2 Å². The summed E-state index contributed by atoms with van der Waals surface area (Å²) in [6.07, 6.45) is 0. The van der Waals surface area contributed by atoms with Crippen molar-refractivity contribution in [3.05, 3.63) is 39.8 Å². The van der Waals surface area contributed by atoms with Crippen LogP contribution in [0.3, 0.4) is 0 Å². The molecule has 1 heterocycles. The maximum atomic E-state index is 4.45. The molecule has 0 bridgehead atoms. The van der Waals surface area contributed by atoms with Gasteiger partial charge in [-0.3, -0.25) is 0 Å². The molecular formula is C14H19N3S. The number of thiazole rings is 1. The minimum atomic E-state index is 0.792. The van der Waals surface area contributed by atoms with Crippen LogP contribution in [0.1, 0.15) is 16.3 Å². The molecule has 0 aliphatic rings. The predicted molar refractivity (Wildman–Crippen MR) is 79.7 cm³/mol.